The van der Waals surface area contributed by atoms with Crippen LogP contribution in [0.4, 0.5) is 13.2 Å². The first-order chi connectivity index (χ1) is 8.62. The average molecular weight is 280 g/mol. The largest absolute Gasteiger partial charge is 0.573 e. The molecular weight excluding hydrogens is 269 g/mol. The molecule has 106 valence electrons. The van der Waals surface area contributed by atoms with Crippen molar-refractivity contribution in [3.05, 3.63) is 24.3 Å². The standard InChI is InChI=1S/C11H11F3O5/c1-10(17,9(15)16)6-18-7-4-2-3-5-8(7)19-11(12,13)14/h2-5,17H,6H2,1H3,(H,15,16). The lowest BCUT2D eigenvalue weighted by molar-refractivity contribution is -0.275. The SMILES string of the molecule is CC(O)(COc1ccccc1OC(F)(F)F)C(=O)O. The highest BCUT2D eigenvalue weighted by Crippen LogP contribution is 2.32. The first kappa shape index (κ1) is 15.1. The molecule has 0 spiro atoms. The smallest absolute Gasteiger partial charge is 0.486 e. The van der Waals surface area contributed by atoms with Crippen LogP contribution in [0.25, 0.3) is 0 Å². The Labute approximate surface area is 106 Å². The monoisotopic (exact) mass is 280 g/mol. The van der Waals surface area contributed by atoms with Crippen molar-refractivity contribution >= 4 is 5.97 Å². The van der Waals surface area contributed by atoms with Crippen molar-refractivity contribution in [3.63, 3.8) is 0 Å². The van der Waals surface area contributed by atoms with Crippen LogP contribution in [-0.4, -0.2) is 34.8 Å². The zero-order chi connectivity index (χ0) is 14.7. The number of hydrogen-bond donors (Lipinski definition) is 2. The number of aliphatic carboxylic acids is 1. The lowest BCUT2D eigenvalue weighted by Gasteiger charge is -2.20. The second-order valence-corrected chi connectivity index (χ2v) is 3.86. The molecule has 0 aliphatic rings. The highest BCUT2D eigenvalue weighted by molar-refractivity contribution is 5.76. The van der Waals surface area contributed by atoms with Crippen molar-refractivity contribution in [2.24, 2.45) is 0 Å². The van der Waals surface area contributed by atoms with E-state index in [4.69, 9.17) is 9.84 Å². The van der Waals surface area contributed by atoms with E-state index in [1.54, 1.807) is 0 Å². The van der Waals surface area contributed by atoms with Crippen molar-refractivity contribution in [2.75, 3.05) is 6.61 Å². The molecule has 0 bridgehead atoms. The number of carboxylic acids is 1. The van der Waals surface area contributed by atoms with E-state index in [0.717, 1.165) is 13.0 Å². The van der Waals surface area contributed by atoms with Crippen LogP contribution in [0.5, 0.6) is 11.5 Å². The number of halogens is 3. The summed E-state index contributed by atoms with van der Waals surface area (Å²) in [6, 6.07) is 4.86. The second-order valence-electron chi connectivity index (χ2n) is 3.86. The zero-order valence-corrected chi connectivity index (χ0v) is 9.77. The highest BCUT2D eigenvalue weighted by Gasteiger charge is 2.34. The van der Waals surface area contributed by atoms with E-state index in [1.807, 2.05) is 0 Å². The topological polar surface area (TPSA) is 76.0 Å². The molecule has 0 heterocycles. The minimum absolute atomic E-state index is 0.318. The van der Waals surface area contributed by atoms with Gasteiger partial charge in [0, 0.05) is 0 Å². The molecule has 5 nitrogen and oxygen atoms in total. The summed E-state index contributed by atoms with van der Waals surface area (Å²) in [6.07, 6.45) is -4.89. The molecule has 0 amide bonds. The molecule has 0 saturated carbocycles. The van der Waals surface area contributed by atoms with E-state index < -0.39 is 30.3 Å². The van der Waals surface area contributed by atoms with Crippen LogP contribution in [-0.2, 0) is 4.79 Å². The molecule has 0 fully saturated rings. The number of aliphatic hydroxyl groups is 1. The molecule has 8 heteroatoms. The van der Waals surface area contributed by atoms with Gasteiger partial charge in [0.1, 0.15) is 6.61 Å². The van der Waals surface area contributed by atoms with Gasteiger partial charge < -0.3 is 19.7 Å². The average Bonchev–Trinajstić information content (AvgIpc) is 2.25. The number of rotatable bonds is 5. The van der Waals surface area contributed by atoms with Crippen molar-refractivity contribution < 1.29 is 37.7 Å². The van der Waals surface area contributed by atoms with Gasteiger partial charge in [-0.25, -0.2) is 4.79 Å². The van der Waals surface area contributed by atoms with E-state index in [2.05, 4.69) is 4.74 Å². The molecule has 1 aromatic rings. The fraction of sp³-hybridized carbons (Fsp3) is 0.364. The quantitative estimate of drug-likeness (QED) is 0.860. The number of hydrogen-bond acceptors (Lipinski definition) is 4. The van der Waals surface area contributed by atoms with Crippen molar-refractivity contribution in [1.29, 1.82) is 0 Å². The Morgan fingerprint density at radius 2 is 1.79 bits per heavy atom. The van der Waals surface area contributed by atoms with E-state index in [-0.39, 0.29) is 5.75 Å². The van der Waals surface area contributed by atoms with E-state index >= 15 is 0 Å². The molecule has 0 aliphatic carbocycles. The third-order valence-electron chi connectivity index (χ3n) is 2.04. The fourth-order valence-corrected chi connectivity index (χ4v) is 1.06. The van der Waals surface area contributed by atoms with Gasteiger partial charge in [0.25, 0.3) is 0 Å². The molecule has 19 heavy (non-hydrogen) atoms. The number of carbonyl (C=O) groups is 1. The summed E-state index contributed by atoms with van der Waals surface area (Å²) in [5.41, 5.74) is -2.22. The highest BCUT2D eigenvalue weighted by atomic mass is 19.4. The number of carboxylic acid groups (broad SMARTS) is 1. The van der Waals surface area contributed by atoms with E-state index in [0.29, 0.717) is 0 Å². The van der Waals surface area contributed by atoms with Gasteiger partial charge in [-0.2, -0.15) is 0 Å². The minimum Gasteiger partial charge on any atom is -0.486 e. The molecule has 0 aliphatic heterocycles. The number of para-hydroxylation sites is 2. The third-order valence-corrected chi connectivity index (χ3v) is 2.04. The van der Waals surface area contributed by atoms with Crippen LogP contribution in [0.3, 0.4) is 0 Å². The van der Waals surface area contributed by atoms with Gasteiger partial charge in [-0.15, -0.1) is 13.2 Å². The van der Waals surface area contributed by atoms with Crippen LogP contribution in [0.1, 0.15) is 6.92 Å². The molecule has 1 aromatic carbocycles. The van der Waals surface area contributed by atoms with Crippen molar-refractivity contribution in [2.45, 2.75) is 18.9 Å². The summed E-state index contributed by atoms with van der Waals surface area (Å²) < 4.78 is 44.9. The predicted molar refractivity (Wildman–Crippen MR) is 56.9 cm³/mol. The Hall–Kier alpha value is -1.96. The van der Waals surface area contributed by atoms with Gasteiger partial charge in [-0.05, 0) is 19.1 Å². The Morgan fingerprint density at radius 1 is 1.26 bits per heavy atom. The Kier molecular flexibility index (Phi) is 4.25. The van der Waals surface area contributed by atoms with Gasteiger partial charge in [0.15, 0.2) is 17.1 Å². The Balaban J connectivity index is 2.82. The summed E-state index contributed by atoms with van der Waals surface area (Å²) in [5, 5.41) is 18.0. The van der Waals surface area contributed by atoms with Crippen molar-refractivity contribution in [1.82, 2.24) is 0 Å². The maximum Gasteiger partial charge on any atom is 0.573 e. The summed E-state index contributed by atoms with van der Waals surface area (Å²) in [5.74, 6) is -2.49. The Morgan fingerprint density at radius 3 is 2.26 bits per heavy atom. The summed E-state index contributed by atoms with van der Waals surface area (Å²) in [4.78, 5) is 10.6. The molecule has 1 unspecified atom stereocenters. The molecule has 1 rings (SSSR count). The van der Waals surface area contributed by atoms with Crippen LogP contribution >= 0.6 is 0 Å². The zero-order valence-electron chi connectivity index (χ0n) is 9.77. The van der Waals surface area contributed by atoms with Crippen molar-refractivity contribution in [3.8, 4) is 11.5 Å². The predicted octanol–water partition coefficient (Wildman–Crippen LogP) is 1.80. The molecule has 2 N–H and O–H groups in total. The fourth-order valence-electron chi connectivity index (χ4n) is 1.06. The summed E-state index contributed by atoms with van der Waals surface area (Å²) >= 11 is 0. The normalized spacial score (nSPS) is 14.6. The number of alkyl halides is 3. The van der Waals surface area contributed by atoms with Gasteiger partial charge in [-0.3, -0.25) is 0 Å². The summed E-state index contributed by atoms with van der Waals surface area (Å²) in [6.45, 7) is 0.239. The maximum atomic E-state index is 12.1. The molecule has 1 atom stereocenters. The van der Waals surface area contributed by atoms with Gasteiger partial charge >= 0.3 is 12.3 Å². The van der Waals surface area contributed by atoms with E-state index in [1.165, 1.54) is 18.2 Å². The Bertz CT molecular complexity index is 456. The van der Waals surface area contributed by atoms with Crippen LogP contribution in [0.15, 0.2) is 24.3 Å². The third kappa shape index (κ3) is 4.66. The molecule has 0 radical (unpaired) electrons. The first-order valence-corrected chi connectivity index (χ1v) is 5.05. The lowest BCUT2D eigenvalue weighted by Crippen LogP contribution is -2.41. The maximum absolute atomic E-state index is 12.1. The number of benzene rings is 1. The molecule has 0 aromatic heterocycles. The van der Waals surface area contributed by atoms with E-state index in [9.17, 15) is 23.1 Å². The van der Waals surface area contributed by atoms with Crippen LogP contribution < -0.4 is 9.47 Å². The first-order valence-electron chi connectivity index (χ1n) is 5.05. The van der Waals surface area contributed by atoms with Gasteiger partial charge in [-0.1, -0.05) is 12.1 Å². The lowest BCUT2D eigenvalue weighted by atomic mass is 10.1. The molecule has 0 saturated heterocycles. The van der Waals surface area contributed by atoms with Gasteiger partial charge in [0.05, 0.1) is 0 Å². The van der Waals surface area contributed by atoms with Gasteiger partial charge in [0.2, 0.25) is 0 Å². The van der Waals surface area contributed by atoms with Crippen LogP contribution in [0, 0.1) is 0 Å². The number of ether oxygens (including phenoxy) is 2. The van der Waals surface area contributed by atoms with Crippen LogP contribution in [0.2, 0.25) is 0 Å². The minimum atomic E-state index is -4.89. The molecular formula is C11H11F3O5. The summed E-state index contributed by atoms with van der Waals surface area (Å²) in [7, 11) is 0. The second kappa shape index (κ2) is 5.35.